The van der Waals surface area contributed by atoms with Gasteiger partial charge in [-0.2, -0.15) is 0 Å². The van der Waals surface area contributed by atoms with E-state index in [1.807, 2.05) is 47.8 Å². The Morgan fingerprint density at radius 2 is 1.83 bits per heavy atom. The summed E-state index contributed by atoms with van der Waals surface area (Å²) in [7, 11) is 0. The molecule has 2 heterocycles. The van der Waals surface area contributed by atoms with Crippen LogP contribution in [0.15, 0.2) is 57.6 Å². The first-order valence-electron chi connectivity index (χ1n) is 7.59. The third kappa shape index (κ3) is 3.26. The van der Waals surface area contributed by atoms with Gasteiger partial charge in [0.1, 0.15) is 0 Å². The number of benzene rings is 1. The van der Waals surface area contributed by atoms with E-state index in [1.54, 1.807) is 0 Å². The monoisotopic (exact) mass is 343 g/mol. The van der Waals surface area contributed by atoms with Gasteiger partial charge in [-0.25, -0.2) is 0 Å². The second-order valence-corrected chi connectivity index (χ2v) is 7.24. The fourth-order valence-corrected chi connectivity index (χ4v) is 4.27. The summed E-state index contributed by atoms with van der Waals surface area (Å²) in [5, 5.41) is 1.93. The fourth-order valence-electron chi connectivity index (χ4n) is 2.41. The Morgan fingerprint density at radius 1 is 1.04 bits per heavy atom. The van der Waals surface area contributed by atoms with Crippen molar-refractivity contribution in [2.75, 3.05) is 6.54 Å². The molecule has 2 aromatic rings. The summed E-state index contributed by atoms with van der Waals surface area (Å²) in [6.45, 7) is 2.54. The highest BCUT2D eigenvalue weighted by atomic mass is 32.2. The zero-order valence-electron chi connectivity index (χ0n) is 12.8. The number of nitrogens with zero attached hydrogens (tertiary/aromatic N) is 1. The van der Waals surface area contributed by atoms with Crippen LogP contribution in [0.1, 0.15) is 24.6 Å². The maximum Gasteiger partial charge on any atom is 0.268 e. The van der Waals surface area contributed by atoms with Gasteiger partial charge in [-0.15, -0.1) is 11.3 Å². The normalized spacial score (nSPS) is 14.9. The summed E-state index contributed by atoms with van der Waals surface area (Å²) in [6, 6.07) is 13.5. The van der Waals surface area contributed by atoms with Crippen LogP contribution in [0.4, 0.5) is 0 Å². The topological polar surface area (TPSA) is 37.4 Å². The maximum absolute atomic E-state index is 12.8. The average Bonchev–Trinajstić information content (AvgIpc) is 3.16. The van der Waals surface area contributed by atoms with Crippen LogP contribution in [-0.4, -0.2) is 23.3 Å². The number of amides is 2. The van der Waals surface area contributed by atoms with Crippen LogP contribution in [0, 0.1) is 0 Å². The molecule has 0 aliphatic carbocycles. The quantitative estimate of drug-likeness (QED) is 0.729. The molecule has 1 aromatic carbocycles. The number of carbonyl (C=O) groups is 2. The van der Waals surface area contributed by atoms with Crippen LogP contribution in [0.3, 0.4) is 0 Å². The average molecular weight is 343 g/mol. The highest BCUT2D eigenvalue weighted by molar-refractivity contribution is 8.04. The molecule has 0 atom stereocenters. The molecule has 0 saturated carbocycles. The Balaban J connectivity index is 1.98. The summed E-state index contributed by atoms with van der Waals surface area (Å²) in [5.41, 5.74) is 0.551. The molecule has 1 aliphatic rings. The molecule has 3 rings (SSSR count). The number of hydrogen-bond acceptors (Lipinski definition) is 4. The van der Waals surface area contributed by atoms with Crippen LogP contribution in [0.5, 0.6) is 0 Å². The Labute approximate surface area is 144 Å². The van der Waals surface area contributed by atoms with Gasteiger partial charge < -0.3 is 0 Å². The van der Waals surface area contributed by atoms with Gasteiger partial charge in [-0.1, -0.05) is 49.4 Å². The second kappa shape index (κ2) is 7.15. The molecule has 0 unspecified atom stereocenters. The summed E-state index contributed by atoms with van der Waals surface area (Å²) >= 11 is 2.88. The number of hydrogen-bond donors (Lipinski definition) is 0. The van der Waals surface area contributed by atoms with Crippen molar-refractivity contribution >= 4 is 40.5 Å². The van der Waals surface area contributed by atoms with Gasteiger partial charge >= 0.3 is 0 Å². The Kier molecular flexibility index (Phi) is 4.98. The molecule has 0 N–H and O–H groups in total. The predicted octanol–water partition coefficient (Wildman–Crippen LogP) is 4.42. The van der Waals surface area contributed by atoms with E-state index in [4.69, 9.17) is 0 Å². The minimum atomic E-state index is -0.166. The molecule has 0 fully saturated rings. The van der Waals surface area contributed by atoms with E-state index in [1.165, 1.54) is 28.0 Å². The van der Waals surface area contributed by atoms with Crippen molar-refractivity contribution < 1.29 is 9.59 Å². The van der Waals surface area contributed by atoms with Crippen molar-refractivity contribution in [3.05, 3.63) is 57.6 Å². The molecule has 0 radical (unpaired) electrons. The SMILES string of the molecule is CCCCN1C(=O)C(Sc2ccccc2)=C(c2cccs2)C1=O. The molecular formula is C18H17NO2S2. The predicted molar refractivity (Wildman–Crippen MR) is 95.2 cm³/mol. The number of thiophene rings is 1. The lowest BCUT2D eigenvalue weighted by Gasteiger charge is -2.14. The van der Waals surface area contributed by atoms with Crippen LogP contribution >= 0.6 is 23.1 Å². The van der Waals surface area contributed by atoms with Crippen molar-refractivity contribution in [1.29, 1.82) is 0 Å². The van der Waals surface area contributed by atoms with Crippen molar-refractivity contribution in [3.63, 3.8) is 0 Å². The van der Waals surface area contributed by atoms with Crippen LogP contribution < -0.4 is 0 Å². The maximum atomic E-state index is 12.8. The number of unbranched alkanes of at least 4 members (excludes halogenated alkanes) is 1. The third-order valence-corrected chi connectivity index (χ3v) is 5.57. The fraction of sp³-hybridized carbons (Fsp3) is 0.222. The highest BCUT2D eigenvalue weighted by Gasteiger charge is 2.39. The molecular weight excluding hydrogens is 326 g/mol. The molecule has 23 heavy (non-hydrogen) atoms. The lowest BCUT2D eigenvalue weighted by molar-refractivity contribution is -0.136. The van der Waals surface area contributed by atoms with Crippen LogP contribution in [-0.2, 0) is 9.59 Å². The Morgan fingerprint density at radius 3 is 2.48 bits per heavy atom. The van der Waals surface area contributed by atoms with Crippen molar-refractivity contribution in [2.24, 2.45) is 0 Å². The number of rotatable bonds is 6. The van der Waals surface area contributed by atoms with E-state index in [9.17, 15) is 9.59 Å². The molecule has 1 aliphatic heterocycles. The van der Waals surface area contributed by atoms with E-state index in [0.29, 0.717) is 17.0 Å². The molecule has 5 heteroatoms. The highest BCUT2D eigenvalue weighted by Crippen LogP contribution is 2.40. The summed E-state index contributed by atoms with van der Waals surface area (Å²) in [6.07, 6.45) is 1.78. The molecule has 0 bridgehead atoms. The van der Waals surface area contributed by atoms with Crippen LogP contribution in [0.2, 0.25) is 0 Å². The summed E-state index contributed by atoms with van der Waals surface area (Å²) in [5.74, 6) is -0.329. The van der Waals surface area contributed by atoms with E-state index >= 15 is 0 Å². The first kappa shape index (κ1) is 16.0. The van der Waals surface area contributed by atoms with Crippen LogP contribution in [0.25, 0.3) is 5.57 Å². The molecule has 0 saturated heterocycles. The molecule has 0 spiro atoms. The standard InChI is InChI=1S/C18H17NO2S2/c1-2-3-11-19-17(20)15(14-10-7-12-22-14)16(18(19)21)23-13-8-5-4-6-9-13/h4-10,12H,2-3,11H2,1H3. The Bertz CT molecular complexity index is 736. The van der Waals surface area contributed by atoms with Gasteiger partial charge in [0.25, 0.3) is 11.8 Å². The lowest BCUT2D eigenvalue weighted by Crippen LogP contribution is -2.32. The number of thioether (sulfide) groups is 1. The Hall–Kier alpha value is -1.85. The number of imide groups is 1. The second-order valence-electron chi connectivity index (χ2n) is 5.21. The summed E-state index contributed by atoms with van der Waals surface area (Å²) < 4.78 is 0. The lowest BCUT2D eigenvalue weighted by atomic mass is 10.2. The minimum Gasteiger partial charge on any atom is -0.274 e. The van der Waals surface area contributed by atoms with Gasteiger partial charge in [0.2, 0.25) is 0 Å². The minimum absolute atomic E-state index is 0.163. The molecule has 1 aromatic heterocycles. The van der Waals surface area contributed by atoms with Gasteiger partial charge in [0.15, 0.2) is 0 Å². The van der Waals surface area contributed by atoms with Crippen molar-refractivity contribution in [3.8, 4) is 0 Å². The zero-order chi connectivity index (χ0) is 16.2. The van der Waals surface area contributed by atoms with Gasteiger partial charge in [0, 0.05) is 16.3 Å². The van der Waals surface area contributed by atoms with Gasteiger partial charge in [0.05, 0.1) is 10.5 Å². The van der Waals surface area contributed by atoms with Crippen molar-refractivity contribution in [1.82, 2.24) is 4.90 Å². The largest absolute Gasteiger partial charge is 0.274 e. The summed E-state index contributed by atoms with van der Waals surface area (Å²) in [4.78, 5) is 29.3. The van der Waals surface area contributed by atoms with E-state index in [2.05, 4.69) is 6.92 Å². The van der Waals surface area contributed by atoms with E-state index in [-0.39, 0.29) is 11.8 Å². The van der Waals surface area contributed by atoms with E-state index in [0.717, 1.165) is 22.6 Å². The van der Waals surface area contributed by atoms with Gasteiger partial charge in [-0.3, -0.25) is 14.5 Å². The molecule has 3 nitrogen and oxygen atoms in total. The zero-order valence-corrected chi connectivity index (χ0v) is 14.5. The molecule has 2 amide bonds. The molecule has 118 valence electrons. The van der Waals surface area contributed by atoms with Gasteiger partial charge in [-0.05, 0) is 30.0 Å². The van der Waals surface area contributed by atoms with Crippen molar-refractivity contribution in [2.45, 2.75) is 24.7 Å². The first-order valence-corrected chi connectivity index (χ1v) is 9.29. The number of carbonyl (C=O) groups excluding carboxylic acids is 2. The smallest absolute Gasteiger partial charge is 0.268 e. The third-order valence-electron chi connectivity index (χ3n) is 3.59. The first-order chi connectivity index (χ1) is 11.2. The van der Waals surface area contributed by atoms with E-state index < -0.39 is 0 Å².